The van der Waals surface area contributed by atoms with E-state index in [-0.39, 0.29) is 54.3 Å². The first-order valence-corrected chi connectivity index (χ1v) is 12.8. The van der Waals surface area contributed by atoms with Crippen LogP contribution < -0.4 is 11.1 Å². The fourth-order valence-corrected chi connectivity index (χ4v) is 6.35. The lowest BCUT2D eigenvalue weighted by molar-refractivity contribution is -0.140. The first kappa shape index (κ1) is 25.7. The van der Waals surface area contributed by atoms with E-state index in [0.29, 0.717) is 24.8 Å². The number of carbonyl (C=O) groups is 2. The van der Waals surface area contributed by atoms with Crippen LogP contribution in [0, 0.1) is 29.3 Å². The molecule has 4 rings (SSSR count). The van der Waals surface area contributed by atoms with Crippen molar-refractivity contribution < 1.29 is 22.8 Å². The van der Waals surface area contributed by atoms with Crippen LogP contribution in [0.3, 0.4) is 0 Å². The summed E-state index contributed by atoms with van der Waals surface area (Å²) in [5.74, 6) is -2.91. The molecule has 0 radical (unpaired) electrons. The molecule has 2 aliphatic heterocycles. The molecule has 0 spiro atoms. The predicted molar refractivity (Wildman–Crippen MR) is 128 cm³/mol. The van der Waals surface area contributed by atoms with Crippen LogP contribution in [-0.2, 0) is 16.0 Å². The number of carbonyl (C=O) groups excluding carboxylic acids is 2. The average Bonchev–Trinajstić information content (AvgIpc) is 3.07. The van der Waals surface area contributed by atoms with E-state index < -0.39 is 23.5 Å². The first-order chi connectivity index (χ1) is 16.6. The lowest BCUT2D eigenvalue weighted by atomic mass is 9.82. The van der Waals surface area contributed by atoms with Gasteiger partial charge in [-0.2, -0.15) is 0 Å². The van der Waals surface area contributed by atoms with Crippen molar-refractivity contribution in [2.24, 2.45) is 17.6 Å². The minimum atomic E-state index is -1.21. The van der Waals surface area contributed by atoms with Crippen molar-refractivity contribution in [1.29, 1.82) is 0 Å². The molecule has 2 saturated heterocycles. The van der Waals surface area contributed by atoms with Gasteiger partial charge in [0.1, 0.15) is 12.2 Å². The molecule has 1 saturated carbocycles. The number of fused-ring (bicyclic) bond motifs is 2. The molecule has 5 nitrogen and oxygen atoms in total. The van der Waals surface area contributed by atoms with E-state index in [4.69, 9.17) is 5.73 Å². The van der Waals surface area contributed by atoms with Crippen LogP contribution in [0.15, 0.2) is 24.3 Å². The van der Waals surface area contributed by atoms with E-state index >= 15 is 0 Å². The molecule has 1 aliphatic carbocycles. The zero-order chi connectivity index (χ0) is 25.3. The van der Waals surface area contributed by atoms with Gasteiger partial charge < -0.3 is 16.0 Å². The van der Waals surface area contributed by atoms with Gasteiger partial charge in [-0.1, -0.05) is 12.2 Å². The van der Waals surface area contributed by atoms with Crippen LogP contribution >= 0.6 is 0 Å². The van der Waals surface area contributed by atoms with E-state index in [1.54, 1.807) is 0 Å². The summed E-state index contributed by atoms with van der Waals surface area (Å²) in [4.78, 5) is 27.5. The Morgan fingerprint density at radius 3 is 2.23 bits per heavy atom. The SMILES string of the molecule is C=C(C)C1CCC(NC(=O)CC(=O)N2[C@@H]3CC[C@H]2CC([C@H](N)Cc2cc(F)c(F)cc2F)C3)CC1. The molecule has 3 N–H and O–H groups in total. The average molecular weight is 492 g/mol. The summed E-state index contributed by atoms with van der Waals surface area (Å²) in [6.07, 6.45) is 6.84. The van der Waals surface area contributed by atoms with Gasteiger partial charge in [-0.25, -0.2) is 13.2 Å². The lowest BCUT2D eigenvalue weighted by Crippen LogP contribution is -2.51. The van der Waals surface area contributed by atoms with E-state index in [2.05, 4.69) is 11.9 Å². The molecule has 35 heavy (non-hydrogen) atoms. The van der Waals surface area contributed by atoms with Gasteiger partial charge >= 0.3 is 0 Å². The second kappa shape index (κ2) is 10.7. The molecule has 2 amide bonds. The van der Waals surface area contributed by atoms with Crippen LogP contribution in [0.1, 0.15) is 70.3 Å². The predicted octanol–water partition coefficient (Wildman–Crippen LogP) is 4.38. The fraction of sp³-hybridized carbons (Fsp3) is 0.630. The standard InChI is InChI=1S/C27H36F3N3O2/c1-15(2)16-3-5-19(6-4-16)32-26(34)14-27(35)33-20-7-8-21(33)10-18(9-20)25(31)12-17-11-23(29)24(30)13-22(17)28/h11,13,16,18-21,25H,1,3-10,12,14,31H2,2H3,(H,32,34)/t16?,18?,19?,20-,21+,25-/m1/s1. The van der Waals surface area contributed by atoms with Crippen LogP contribution in [0.5, 0.6) is 0 Å². The minimum absolute atomic E-state index is 0.00547. The molecule has 3 aliphatic rings. The Hall–Kier alpha value is -2.35. The fourth-order valence-electron chi connectivity index (χ4n) is 6.35. The van der Waals surface area contributed by atoms with Gasteiger partial charge in [0.15, 0.2) is 11.6 Å². The molecule has 1 aromatic rings. The smallest absolute Gasteiger partial charge is 0.232 e. The Morgan fingerprint density at radius 2 is 1.63 bits per heavy atom. The van der Waals surface area contributed by atoms with Gasteiger partial charge in [0.2, 0.25) is 11.8 Å². The third kappa shape index (κ3) is 5.90. The number of benzene rings is 1. The molecule has 1 unspecified atom stereocenters. The summed E-state index contributed by atoms with van der Waals surface area (Å²) in [6.45, 7) is 6.08. The van der Waals surface area contributed by atoms with E-state index in [0.717, 1.165) is 44.6 Å². The zero-order valence-corrected chi connectivity index (χ0v) is 20.4. The first-order valence-electron chi connectivity index (χ1n) is 12.8. The number of nitrogens with two attached hydrogens (primary N) is 1. The normalized spacial score (nSPS) is 29.1. The Morgan fingerprint density at radius 1 is 1.03 bits per heavy atom. The number of piperidine rings is 1. The maximum Gasteiger partial charge on any atom is 0.232 e. The summed E-state index contributed by atoms with van der Waals surface area (Å²) in [5, 5.41) is 3.04. The van der Waals surface area contributed by atoms with Crippen molar-refractivity contribution in [2.75, 3.05) is 0 Å². The highest BCUT2D eigenvalue weighted by molar-refractivity contribution is 5.97. The molecule has 3 fully saturated rings. The Bertz CT molecular complexity index is 963. The summed E-state index contributed by atoms with van der Waals surface area (Å²) in [7, 11) is 0. The minimum Gasteiger partial charge on any atom is -0.353 e. The van der Waals surface area contributed by atoms with Crippen molar-refractivity contribution in [3.05, 3.63) is 47.3 Å². The van der Waals surface area contributed by atoms with Gasteiger partial charge in [-0.3, -0.25) is 9.59 Å². The molecule has 0 aromatic heterocycles. The Labute approximate surface area is 205 Å². The largest absolute Gasteiger partial charge is 0.353 e. The maximum absolute atomic E-state index is 14.1. The molecule has 1 aromatic carbocycles. The summed E-state index contributed by atoms with van der Waals surface area (Å²) >= 11 is 0. The number of nitrogens with one attached hydrogen (secondary N) is 1. The van der Waals surface area contributed by atoms with Gasteiger partial charge in [0.05, 0.1) is 0 Å². The molecular weight excluding hydrogens is 455 g/mol. The molecular formula is C27H36F3N3O2. The van der Waals surface area contributed by atoms with Crippen molar-refractivity contribution in [1.82, 2.24) is 10.2 Å². The quantitative estimate of drug-likeness (QED) is 0.338. The Kier molecular flexibility index (Phi) is 7.89. The number of allylic oxidation sites excluding steroid dienone is 1. The third-order valence-corrected chi connectivity index (χ3v) is 8.31. The van der Waals surface area contributed by atoms with Gasteiger partial charge in [0, 0.05) is 30.2 Å². The molecule has 192 valence electrons. The molecule has 4 atom stereocenters. The highest BCUT2D eigenvalue weighted by Crippen LogP contribution is 2.40. The van der Waals surface area contributed by atoms with Gasteiger partial charge in [-0.05, 0) is 88.2 Å². The molecule has 2 bridgehead atoms. The van der Waals surface area contributed by atoms with Crippen molar-refractivity contribution in [3.8, 4) is 0 Å². The third-order valence-electron chi connectivity index (χ3n) is 8.31. The monoisotopic (exact) mass is 491 g/mol. The zero-order valence-electron chi connectivity index (χ0n) is 20.4. The van der Waals surface area contributed by atoms with Gasteiger partial charge in [0.25, 0.3) is 0 Å². The number of halogens is 3. The van der Waals surface area contributed by atoms with E-state index in [1.807, 2.05) is 11.8 Å². The maximum atomic E-state index is 14.1. The van der Waals surface area contributed by atoms with Crippen molar-refractivity contribution in [3.63, 3.8) is 0 Å². The second-order valence-electron chi connectivity index (χ2n) is 10.8. The van der Waals surface area contributed by atoms with Crippen LogP contribution in [0.25, 0.3) is 0 Å². The molecule has 8 heteroatoms. The number of hydrogen-bond donors (Lipinski definition) is 2. The van der Waals surface area contributed by atoms with Crippen molar-refractivity contribution >= 4 is 11.8 Å². The van der Waals surface area contributed by atoms with E-state index in [9.17, 15) is 22.8 Å². The number of hydrogen-bond acceptors (Lipinski definition) is 3. The van der Waals surface area contributed by atoms with Crippen LogP contribution in [0.4, 0.5) is 13.2 Å². The molecule has 2 heterocycles. The number of rotatable bonds is 7. The van der Waals surface area contributed by atoms with Gasteiger partial charge in [-0.15, -0.1) is 0 Å². The highest BCUT2D eigenvalue weighted by atomic mass is 19.2. The second-order valence-corrected chi connectivity index (χ2v) is 10.8. The topological polar surface area (TPSA) is 75.4 Å². The summed E-state index contributed by atoms with van der Waals surface area (Å²) in [6, 6.07) is 1.13. The van der Waals surface area contributed by atoms with Crippen LogP contribution in [-0.4, -0.2) is 40.9 Å². The summed E-state index contributed by atoms with van der Waals surface area (Å²) in [5.41, 5.74) is 7.63. The summed E-state index contributed by atoms with van der Waals surface area (Å²) < 4.78 is 40.9. The number of nitrogens with zero attached hydrogens (tertiary/aromatic N) is 1. The highest BCUT2D eigenvalue weighted by Gasteiger charge is 2.44. The Balaban J connectivity index is 1.28. The van der Waals surface area contributed by atoms with E-state index in [1.165, 1.54) is 5.57 Å². The lowest BCUT2D eigenvalue weighted by Gasteiger charge is -2.41. The number of amides is 2. The van der Waals surface area contributed by atoms with Crippen molar-refractivity contribution in [2.45, 2.75) is 95.3 Å². The van der Waals surface area contributed by atoms with Crippen LogP contribution in [0.2, 0.25) is 0 Å².